The summed E-state index contributed by atoms with van der Waals surface area (Å²) in [4.78, 5) is 5.79. The maximum Gasteiger partial charge on any atom is 0.193 e. The zero-order chi connectivity index (χ0) is 11.7. The van der Waals surface area contributed by atoms with E-state index in [9.17, 15) is 0 Å². The summed E-state index contributed by atoms with van der Waals surface area (Å²) in [5.41, 5.74) is 1.45. The van der Waals surface area contributed by atoms with Crippen molar-refractivity contribution in [2.75, 3.05) is 6.54 Å². The van der Waals surface area contributed by atoms with Gasteiger partial charge in [0.2, 0.25) is 0 Å². The monoisotopic (exact) mass is 249 g/mol. The molecule has 4 heteroatoms. The minimum Gasteiger partial charge on any atom is -0.311 e. The molecule has 1 saturated heterocycles. The zero-order valence-corrected chi connectivity index (χ0v) is 11.1. The van der Waals surface area contributed by atoms with E-state index in [1.165, 1.54) is 31.4 Å². The predicted molar refractivity (Wildman–Crippen MR) is 71.6 cm³/mol. The van der Waals surface area contributed by atoms with Gasteiger partial charge in [-0.15, -0.1) is 11.3 Å². The van der Waals surface area contributed by atoms with Gasteiger partial charge in [0, 0.05) is 29.7 Å². The Morgan fingerprint density at radius 3 is 3.29 bits per heavy atom. The molecule has 1 atom stereocenters. The molecule has 1 aliphatic heterocycles. The summed E-state index contributed by atoms with van der Waals surface area (Å²) >= 11 is 1.70. The molecule has 0 aromatic carbocycles. The van der Waals surface area contributed by atoms with Crippen LogP contribution in [0.15, 0.2) is 17.8 Å². The van der Waals surface area contributed by atoms with Crippen molar-refractivity contribution in [2.45, 2.75) is 44.6 Å². The predicted octanol–water partition coefficient (Wildman–Crippen LogP) is 2.86. The van der Waals surface area contributed by atoms with Crippen LogP contribution in [0.25, 0.3) is 4.96 Å². The van der Waals surface area contributed by atoms with Crippen LogP contribution in [0.3, 0.4) is 0 Å². The summed E-state index contributed by atoms with van der Waals surface area (Å²) in [7, 11) is 0. The molecule has 1 N–H and O–H groups in total. The van der Waals surface area contributed by atoms with E-state index in [4.69, 9.17) is 0 Å². The molecule has 2 aromatic heterocycles. The number of hydrogen-bond acceptors (Lipinski definition) is 3. The Labute approximate surface area is 106 Å². The van der Waals surface area contributed by atoms with Crippen molar-refractivity contribution in [1.29, 1.82) is 0 Å². The number of thiazole rings is 1. The van der Waals surface area contributed by atoms with Crippen LogP contribution >= 0.6 is 11.3 Å². The van der Waals surface area contributed by atoms with E-state index >= 15 is 0 Å². The third-order valence-corrected chi connectivity index (χ3v) is 4.44. The van der Waals surface area contributed by atoms with Crippen molar-refractivity contribution in [3.05, 3.63) is 23.5 Å². The van der Waals surface area contributed by atoms with E-state index < -0.39 is 0 Å². The molecule has 0 radical (unpaired) electrons. The zero-order valence-electron chi connectivity index (χ0n) is 10.3. The second kappa shape index (κ2) is 4.42. The first-order chi connectivity index (χ1) is 8.25. The van der Waals surface area contributed by atoms with Gasteiger partial charge in [-0.3, -0.25) is 4.40 Å². The molecule has 3 nitrogen and oxygen atoms in total. The van der Waals surface area contributed by atoms with Gasteiger partial charge in [-0.05, 0) is 26.3 Å². The highest BCUT2D eigenvalue weighted by Gasteiger charge is 2.26. The molecule has 1 aliphatic rings. The maximum absolute atomic E-state index is 4.68. The van der Waals surface area contributed by atoms with E-state index in [0.29, 0.717) is 0 Å². The first-order valence-electron chi connectivity index (χ1n) is 6.41. The minimum atomic E-state index is 0.237. The standard InChI is InChI=1S/C13H19N3S/c1-13(5-3-2-4-6-14-13)9-11-10-16-7-8-17-12(16)15-11/h7-8,10,14H,2-6,9H2,1H3. The molecule has 3 rings (SSSR count). The maximum atomic E-state index is 4.68. The molecule has 0 amide bonds. The van der Waals surface area contributed by atoms with Crippen LogP contribution in [0.1, 0.15) is 38.3 Å². The molecule has 1 fully saturated rings. The van der Waals surface area contributed by atoms with E-state index in [0.717, 1.165) is 17.9 Å². The fraction of sp³-hybridized carbons (Fsp3) is 0.615. The van der Waals surface area contributed by atoms with Gasteiger partial charge in [0.25, 0.3) is 0 Å². The number of imidazole rings is 1. The lowest BCUT2D eigenvalue weighted by molar-refractivity contribution is 0.343. The molecule has 0 aliphatic carbocycles. The largest absolute Gasteiger partial charge is 0.311 e. The Bertz CT molecular complexity index is 463. The normalized spacial score (nSPS) is 26.2. The summed E-state index contributed by atoms with van der Waals surface area (Å²) < 4.78 is 2.13. The van der Waals surface area contributed by atoms with Gasteiger partial charge in [0.05, 0.1) is 5.69 Å². The van der Waals surface area contributed by atoms with E-state index in [2.05, 4.69) is 39.4 Å². The van der Waals surface area contributed by atoms with E-state index in [-0.39, 0.29) is 5.54 Å². The molecule has 0 bridgehead atoms. The first kappa shape index (κ1) is 11.2. The van der Waals surface area contributed by atoms with Crippen molar-refractivity contribution in [1.82, 2.24) is 14.7 Å². The minimum absolute atomic E-state index is 0.237. The molecule has 1 unspecified atom stereocenters. The van der Waals surface area contributed by atoms with Crippen molar-refractivity contribution in [2.24, 2.45) is 0 Å². The fourth-order valence-corrected chi connectivity index (χ4v) is 3.43. The number of fused-ring (bicyclic) bond motifs is 1. The molecular weight excluding hydrogens is 230 g/mol. The van der Waals surface area contributed by atoms with Gasteiger partial charge in [-0.1, -0.05) is 12.8 Å². The van der Waals surface area contributed by atoms with Crippen LogP contribution in [-0.2, 0) is 6.42 Å². The van der Waals surface area contributed by atoms with Crippen LogP contribution in [-0.4, -0.2) is 21.5 Å². The van der Waals surface area contributed by atoms with Crippen molar-refractivity contribution in [3.63, 3.8) is 0 Å². The fourth-order valence-electron chi connectivity index (χ4n) is 2.71. The lowest BCUT2D eigenvalue weighted by atomic mass is 9.91. The van der Waals surface area contributed by atoms with E-state index in [1.54, 1.807) is 11.3 Å². The summed E-state index contributed by atoms with van der Waals surface area (Å²) in [6.45, 7) is 3.49. The number of hydrogen-bond donors (Lipinski definition) is 1. The Hall–Kier alpha value is -0.870. The highest BCUT2D eigenvalue weighted by Crippen LogP contribution is 2.23. The molecule has 17 heavy (non-hydrogen) atoms. The first-order valence-corrected chi connectivity index (χ1v) is 7.29. The highest BCUT2D eigenvalue weighted by atomic mass is 32.1. The Morgan fingerprint density at radius 1 is 1.47 bits per heavy atom. The van der Waals surface area contributed by atoms with Crippen LogP contribution in [0.4, 0.5) is 0 Å². The van der Waals surface area contributed by atoms with Crippen LogP contribution < -0.4 is 5.32 Å². The average Bonchev–Trinajstić information content (AvgIpc) is 2.76. The third kappa shape index (κ3) is 2.38. The topological polar surface area (TPSA) is 29.3 Å². The van der Waals surface area contributed by atoms with Crippen LogP contribution in [0, 0.1) is 0 Å². The number of nitrogens with zero attached hydrogens (tertiary/aromatic N) is 2. The molecule has 92 valence electrons. The van der Waals surface area contributed by atoms with Crippen LogP contribution in [0.2, 0.25) is 0 Å². The smallest absolute Gasteiger partial charge is 0.193 e. The lowest BCUT2D eigenvalue weighted by Crippen LogP contribution is -2.43. The Balaban J connectivity index is 1.78. The van der Waals surface area contributed by atoms with E-state index in [1.807, 2.05) is 0 Å². The number of aromatic nitrogens is 2. The lowest BCUT2D eigenvalue weighted by Gasteiger charge is -2.28. The van der Waals surface area contributed by atoms with Crippen molar-refractivity contribution in [3.8, 4) is 0 Å². The number of nitrogens with one attached hydrogen (secondary N) is 1. The second-order valence-corrected chi connectivity index (χ2v) is 6.17. The summed E-state index contributed by atoms with van der Waals surface area (Å²) in [6, 6.07) is 0. The summed E-state index contributed by atoms with van der Waals surface area (Å²) in [5, 5.41) is 5.78. The molecule has 0 saturated carbocycles. The second-order valence-electron chi connectivity index (χ2n) is 5.30. The van der Waals surface area contributed by atoms with Gasteiger partial charge in [-0.2, -0.15) is 0 Å². The van der Waals surface area contributed by atoms with Crippen LogP contribution in [0.5, 0.6) is 0 Å². The van der Waals surface area contributed by atoms with Crippen molar-refractivity contribution < 1.29 is 0 Å². The van der Waals surface area contributed by atoms with Crippen molar-refractivity contribution >= 4 is 16.3 Å². The Morgan fingerprint density at radius 2 is 2.41 bits per heavy atom. The Kier molecular flexibility index (Phi) is 2.92. The summed E-state index contributed by atoms with van der Waals surface area (Å²) in [5.74, 6) is 0. The van der Waals surface area contributed by atoms with Gasteiger partial charge in [-0.25, -0.2) is 4.98 Å². The quantitative estimate of drug-likeness (QED) is 0.887. The van der Waals surface area contributed by atoms with Gasteiger partial charge < -0.3 is 5.32 Å². The number of rotatable bonds is 2. The van der Waals surface area contributed by atoms with Gasteiger partial charge in [0.15, 0.2) is 4.96 Å². The van der Waals surface area contributed by atoms with Gasteiger partial charge in [0.1, 0.15) is 0 Å². The average molecular weight is 249 g/mol. The molecule has 3 heterocycles. The third-order valence-electron chi connectivity index (χ3n) is 3.67. The highest BCUT2D eigenvalue weighted by molar-refractivity contribution is 7.15. The molecule has 0 spiro atoms. The molecule has 2 aromatic rings. The molecular formula is C13H19N3S. The van der Waals surface area contributed by atoms with Gasteiger partial charge >= 0.3 is 0 Å². The summed E-state index contributed by atoms with van der Waals surface area (Å²) in [6.07, 6.45) is 10.6. The SMILES string of the molecule is CC1(Cc2cn3ccsc3n2)CCCCCN1.